The molecule has 1 aromatic rings. The van der Waals surface area contributed by atoms with Crippen LogP contribution in [0.1, 0.15) is 32.3 Å². The number of pyridine rings is 1. The van der Waals surface area contributed by atoms with Gasteiger partial charge in [0.05, 0.1) is 6.10 Å². The molecule has 1 amide bonds. The third-order valence-electron chi connectivity index (χ3n) is 2.95. The Balaban J connectivity index is 1.94. The van der Waals surface area contributed by atoms with Crippen LogP contribution in [0.2, 0.25) is 0 Å². The van der Waals surface area contributed by atoms with Gasteiger partial charge in [0.15, 0.2) is 0 Å². The van der Waals surface area contributed by atoms with Crippen molar-refractivity contribution in [2.75, 3.05) is 6.61 Å². The monoisotopic (exact) mass is 248 g/mol. The number of amides is 1. The molecule has 0 saturated heterocycles. The largest absolute Gasteiger partial charge is 0.369 e. The van der Waals surface area contributed by atoms with E-state index in [9.17, 15) is 4.79 Å². The van der Waals surface area contributed by atoms with Crippen molar-refractivity contribution in [1.29, 1.82) is 0 Å². The second-order valence-corrected chi connectivity index (χ2v) is 4.97. The molecule has 1 aromatic heterocycles. The van der Waals surface area contributed by atoms with E-state index < -0.39 is 0 Å². The van der Waals surface area contributed by atoms with Crippen LogP contribution in [0.5, 0.6) is 0 Å². The van der Waals surface area contributed by atoms with Crippen molar-refractivity contribution in [3.8, 4) is 0 Å². The Morgan fingerprint density at radius 2 is 2.11 bits per heavy atom. The van der Waals surface area contributed by atoms with Crippen molar-refractivity contribution in [3.05, 3.63) is 30.1 Å². The van der Waals surface area contributed by atoms with Gasteiger partial charge in [-0.2, -0.15) is 0 Å². The lowest BCUT2D eigenvalue weighted by Crippen LogP contribution is -2.36. The Bertz CT molecular complexity index is 388. The lowest BCUT2D eigenvalue weighted by molar-refractivity contribution is -0.138. The molecule has 1 heterocycles. The lowest BCUT2D eigenvalue weighted by Gasteiger charge is -2.23. The number of nitrogens with zero attached hydrogens (tertiary/aromatic N) is 2. The van der Waals surface area contributed by atoms with Gasteiger partial charge in [0.2, 0.25) is 5.91 Å². The maximum Gasteiger partial charge on any atom is 0.249 e. The summed E-state index contributed by atoms with van der Waals surface area (Å²) in [6.45, 7) is 4.72. The minimum atomic E-state index is 0.0861. The van der Waals surface area contributed by atoms with E-state index in [0.717, 1.165) is 18.4 Å². The highest BCUT2D eigenvalue weighted by molar-refractivity contribution is 5.78. The molecule has 2 rings (SSSR count). The van der Waals surface area contributed by atoms with Crippen LogP contribution in [0.25, 0.3) is 0 Å². The van der Waals surface area contributed by atoms with Crippen molar-refractivity contribution in [1.82, 2.24) is 9.88 Å². The zero-order valence-electron chi connectivity index (χ0n) is 11.0. The van der Waals surface area contributed by atoms with Gasteiger partial charge in [0.1, 0.15) is 6.61 Å². The van der Waals surface area contributed by atoms with Crippen molar-refractivity contribution < 1.29 is 9.53 Å². The third kappa shape index (κ3) is 3.81. The van der Waals surface area contributed by atoms with Gasteiger partial charge in [0, 0.05) is 25.0 Å². The van der Waals surface area contributed by atoms with Crippen LogP contribution < -0.4 is 0 Å². The molecule has 0 radical (unpaired) electrons. The molecule has 1 aliphatic rings. The van der Waals surface area contributed by atoms with E-state index >= 15 is 0 Å². The van der Waals surface area contributed by atoms with Gasteiger partial charge in [0.25, 0.3) is 0 Å². The van der Waals surface area contributed by atoms with Crippen LogP contribution in [0.3, 0.4) is 0 Å². The molecule has 0 spiro atoms. The van der Waals surface area contributed by atoms with Gasteiger partial charge < -0.3 is 9.64 Å². The fourth-order valence-corrected chi connectivity index (χ4v) is 1.81. The van der Waals surface area contributed by atoms with Gasteiger partial charge in [-0.05, 0) is 44.4 Å². The van der Waals surface area contributed by atoms with Crippen molar-refractivity contribution in [2.24, 2.45) is 0 Å². The Hall–Kier alpha value is -1.42. The molecule has 0 bridgehead atoms. The number of ether oxygens (including phenoxy) is 1. The zero-order valence-corrected chi connectivity index (χ0v) is 11.0. The number of aromatic nitrogens is 1. The summed E-state index contributed by atoms with van der Waals surface area (Å²) >= 11 is 0. The Morgan fingerprint density at radius 1 is 1.44 bits per heavy atom. The smallest absolute Gasteiger partial charge is 0.249 e. The van der Waals surface area contributed by atoms with E-state index in [1.165, 1.54) is 0 Å². The highest BCUT2D eigenvalue weighted by atomic mass is 16.5. The Kier molecular flexibility index (Phi) is 4.31. The summed E-state index contributed by atoms with van der Waals surface area (Å²) in [5.41, 5.74) is 1.12. The van der Waals surface area contributed by atoms with E-state index in [4.69, 9.17) is 4.74 Å². The van der Waals surface area contributed by atoms with Gasteiger partial charge in [-0.25, -0.2) is 0 Å². The Labute approximate surface area is 108 Å². The quantitative estimate of drug-likeness (QED) is 0.773. The first-order valence-corrected chi connectivity index (χ1v) is 6.47. The average molecular weight is 248 g/mol. The first-order valence-electron chi connectivity index (χ1n) is 6.47. The molecule has 18 heavy (non-hydrogen) atoms. The highest BCUT2D eigenvalue weighted by Gasteiger charge is 2.32. The summed E-state index contributed by atoms with van der Waals surface area (Å²) in [6, 6.07) is 4.30. The maximum absolute atomic E-state index is 12.1. The minimum absolute atomic E-state index is 0.0861. The normalized spacial score (nSPS) is 14.8. The molecule has 0 N–H and O–H groups in total. The van der Waals surface area contributed by atoms with Gasteiger partial charge in [-0.1, -0.05) is 0 Å². The predicted octanol–water partition coefficient (Wildman–Crippen LogP) is 2.00. The summed E-state index contributed by atoms with van der Waals surface area (Å²) in [7, 11) is 0. The molecule has 1 fully saturated rings. The Morgan fingerprint density at radius 3 is 2.67 bits per heavy atom. The number of hydrogen-bond acceptors (Lipinski definition) is 3. The molecule has 4 heteroatoms. The molecule has 0 aromatic carbocycles. The van der Waals surface area contributed by atoms with Crippen LogP contribution >= 0.6 is 0 Å². The number of carbonyl (C=O) groups excluding carboxylic acids is 1. The van der Waals surface area contributed by atoms with Crippen LogP contribution in [-0.2, 0) is 16.1 Å². The summed E-state index contributed by atoms with van der Waals surface area (Å²) < 4.78 is 5.40. The van der Waals surface area contributed by atoms with E-state index in [-0.39, 0.29) is 18.6 Å². The van der Waals surface area contributed by atoms with Gasteiger partial charge >= 0.3 is 0 Å². The lowest BCUT2D eigenvalue weighted by atomic mass is 10.2. The van der Waals surface area contributed by atoms with Gasteiger partial charge in [-0.15, -0.1) is 0 Å². The van der Waals surface area contributed by atoms with E-state index in [1.807, 2.05) is 30.9 Å². The SMILES string of the molecule is CC(C)OCC(=O)N(Cc1ccncc1)C1CC1. The van der Waals surface area contributed by atoms with Crippen molar-refractivity contribution >= 4 is 5.91 Å². The molecule has 4 nitrogen and oxygen atoms in total. The molecule has 1 aliphatic carbocycles. The first kappa shape index (κ1) is 13.0. The maximum atomic E-state index is 12.1. The zero-order chi connectivity index (χ0) is 13.0. The molecule has 0 aliphatic heterocycles. The summed E-state index contributed by atoms with van der Waals surface area (Å²) in [5.74, 6) is 0.0861. The van der Waals surface area contributed by atoms with Crippen LogP contribution in [0.15, 0.2) is 24.5 Å². The average Bonchev–Trinajstić information content (AvgIpc) is 3.18. The molecule has 1 saturated carbocycles. The van der Waals surface area contributed by atoms with Crippen LogP contribution in [0, 0.1) is 0 Å². The van der Waals surface area contributed by atoms with Gasteiger partial charge in [-0.3, -0.25) is 9.78 Å². The standard InChI is InChI=1S/C14H20N2O2/c1-11(2)18-10-14(17)16(13-3-4-13)9-12-5-7-15-8-6-12/h5-8,11,13H,3-4,9-10H2,1-2H3. The number of hydrogen-bond donors (Lipinski definition) is 0. The third-order valence-corrected chi connectivity index (χ3v) is 2.95. The molecular weight excluding hydrogens is 228 g/mol. The first-order chi connectivity index (χ1) is 8.66. The minimum Gasteiger partial charge on any atom is -0.369 e. The van der Waals surface area contributed by atoms with Crippen molar-refractivity contribution in [2.45, 2.75) is 45.4 Å². The summed E-state index contributed by atoms with van der Waals surface area (Å²) in [6.07, 6.45) is 5.83. The second kappa shape index (κ2) is 5.96. The topological polar surface area (TPSA) is 42.4 Å². The summed E-state index contributed by atoms with van der Waals surface area (Å²) in [4.78, 5) is 18.0. The van der Waals surface area contributed by atoms with E-state index in [2.05, 4.69) is 4.98 Å². The summed E-state index contributed by atoms with van der Waals surface area (Å²) in [5, 5.41) is 0. The molecule has 0 atom stereocenters. The highest BCUT2D eigenvalue weighted by Crippen LogP contribution is 2.28. The predicted molar refractivity (Wildman–Crippen MR) is 68.9 cm³/mol. The van der Waals surface area contributed by atoms with Crippen LogP contribution in [-0.4, -0.2) is 34.5 Å². The fourth-order valence-electron chi connectivity index (χ4n) is 1.81. The second-order valence-electron chi connectivity index (χ2n) is 4.97. The molecular formula is C14H20N2O2. The van der Waals surface area contributed by atoms with Crippen LogP contribution in [0.4, 0.5) is 0 Å². The van der Waals surface area contributed by atoms with Crippen molar-refractivity contribution in [3.63, 3.8) is 0 Å². The fraction of sp³-hybridized carbons (Fsp3) is 0.571. The number of carbonyl (C=O) groups is 1. The van der Waals surface area contributed by atoms with E-state index in [0.29, 0.717) is 12.6 Å². The molecule has 98 valence electrons. The number of rotatable bonds is 6. The molecule has 0 unspecified atom stereocenters. The van der Waals surface area contributed by atoms with E-state index in [1.54, 1.807) is 12.4 Å².